The predicted octanol–water partition coefficient (Wildman–Crippen LogP) is 0.860. The third-order valence-corrected chi connectivity index (χ3v) is 3.68. The number of carboxylic acids is 1. The highest BCUT2D eigenvalue weighted by Crippen LogP contribution is 2.18. The van der Waals surface area contributed by atoms with E-state index < -0.39 is 30.2 Å². The molecule has 1 unspecified atom stereocenters. The highest BCUT2D eigenvalue weighted by Gasteiger charge is 2.37. The van der Waals surface area contributed by atoms with E-state index in [-0.39, 0.29) is 25.5 Å². The van der Waals surface area contributed by atoms with Crippen LogP contribution in [0.4, 0.5) is 4.39 Å². The fraction of sp³-hybridized carbons (Fsp3) is 0.400. The summed E-state index contributed by atoms with van der Waals surface area (Å²) in [6.45, 7) is 1.86. The quantitative estimate of drug-likeness (QED) is 0.895. The van der Waals surface area contributed by atoms with E-state index in [0.717, 1.165) is 0 Å². The molecule has 1 fully saturated rings. The van der Waals surface area contributed by atoms with Crippen molar-refractivity contribution in [1.29, 1.82) is 0 Å². The molecule has 0 bridgehead atoms. The lowest BCUT2D eigenvalue weighted by Crippen LogP contribution is -2.58. The van der Waals surface area contributed by atoms with Crippen molar-refractivity contribution >= 4 is 17.8 Å². The third kappa shape index (κ3) is 3.41. The summed E-state index contributed by atoms with van der Waals surface area (Å²) in [5, 5.41) is 8.93. The Balaban J connectivity index is 2.18. The van der Waals surface area contributed by atoms with Crippen molar-refractivity contribution in [1.82, 2.24) is 9.80 Å². The van der Waals surface area contributed by atoms with Crippen LogP contribution in [0.2, 0.25) is 0 Å². The molecule has 1 aliphatic heterocycles. The average molecular weight is 308 g/mol. The second-order valence-electron chi connectivity index (χ2n) is 5.18. The van der Waals surface area contributed by atoms with Gasteiger partial charge in [0.15, 0.2) is 0 Å². The maximum Gasteiger partial charge on any atom is 0.305 e. The molecule has 0 radical (unpaired) electrons. The molecular weight excluding hydrogens is 291 g/mol. The zero-order valence-corrected chi connectivity index (χ0v) is 12.2. The minimum absolute atomic E-state index is 0.0629. The normalized spacial score (nSPS) is 18.5. The third-order valence-electron chi connectivity index (χ3n) is 3.68. The first-order valence-electron chi connectivity index (χ1n) is 6.91. The Bertz CT molecular complexity index is 605. The predicted molar refractivity (Wildman–Crippen MR) is 75.2 cm³/mol. The summed E-state index contributed by atoms with van der Waals surface area (Å²) in [4.78, 5) is 37.6. The number of aliphatic carboxylic acids is 1. The van der Waals surface area contributed by atoms with Gasteiger partial charge in [0.2, 0.25) is 11.8 Å². The van der Waals surface area contributed by atoms with E-state index in [4.69, 9.17) is 5.11 Å². The van der Waals surface area contributed by atoms with Crippen molar-refractivity contribution in [3.8, 4) is 0 Å². The van der Waals surface area contributed by atoms with Gasteiger partial charge >= 0.3 is 5.97 Å². The molecule has 2 amide bonds. The second-order valence-corrected chi connectivity index (χ2v) is 5.18. The summed E-state index contributed by atoms with van der Waals surface area (Å²) >= 11 is 0. The summed E-state index contributed by atoms with van der Waals surface area (Å²) in [6, 6.07) is 5.08. The van der Waals surface area contributed by atoms with E-state index in [1.165, 1.54) is 22.8 Å². The van der Waals surface area contributed by atoms with E-state index in [2.05, 4.69) is 0 Å². The van der Waals surface area contributed by atoms with Gasteiger partial charge < -0.3 is 14.9 Å². The number of carbonyl (C=O) groups excluding carboxylic acids is 2. The van der Waals surface area contributed by atoms with Gasteiger partial charge in [-0.3, -0.25) is 14.4 Å². The van der Waals surface area contributed by atoms with Crippen molar-refractivity contribution in [3.05, 3.63) is 35.6 Å². The number of rotatable bonds is 4. The number of halogens is 1. The molecule has 2 rings (SSSR count). The lowest BCUT2D eigenvalue weighted by atomic mass is 10.1. The van der Waals surface area contributed by atoms with Gasteiger partial charge in [-0.15, -0.1) is 0 Å². The van der Waals surface area contributed by atoms with Crippen LogP contribution in [0, 0.1) is 5.82 Å². The number of hydrogen-bond donors (Lipinski definition) is 1. The summed E-state index contributed by atoms with van der Waals surface area (Å²) in [5.41, 5.74) is 0.362. The van der Waals surface area contributed by atoms with E-state index in [0.29, 0.717) is 5.56 Å². The molecule has 1 atom stereocenters. The van der Waals surface area contributed by atoms with Crippen LogP contribution in [0.5, 0.6) is 0 Å². The first-order valence-corrected chi connectivity index (χ1v) is 6.91. The SMILES string of the molecule is CC(=O)N1CCN(Cc2ccccc2F)C(=O)C1CC(=O)O. The van der Waals surface area contributed by atoms with E-state index in [9.17, 15) is 18.8 Å². The first-order chi connectivity index (χ1) is 10.4. The molecule has 1 aromatic carbocycles. The van der Waals surface area contributed by atoms with Crippen LogP contribution < -0.4 is 0 Å². The number of carbonyl (C=O) groups is 3. The molecule has 1 N–H and O–H groups in total. The van der Waals surface area contributed by atoms with Crippen molar-refractivity contribution in [3.63, 3.8) is 0 Å². The lowest BCUT2D eigenvalue weighted by Gasteiger charge is -2.39. The topological polar surface area (TPSA) is 77.9 Å². The van der Waals surface area contributed by atoms with Crippen LogP contribution in [0.15, 0.2) is 24.3 Å². The summed E-state index contributed by atoms with van der Waals surface area (Å²) in [6.07, 6.45) is -0.452. The number of benzene rings is 1. The fourth-order valence-electron chi connectivity index (χ4n) is 2.57. The van der Waals surface area contributed by atoms with Crippen LogP contribution in [-0.2, 0) is 20.9 Å². The van der Waals surface area contributed by atoms with Crippen molar-refractivity contribution in [2.24, 2.45) is 0 Å². The number of amides is 2. The van der Waals surface area contributed by atoms with E-state index in [1.807, 2.05) is 0 Å². The highest BCUT2D eigenvalue weighted by molar-refractivity contribution is 5.91. The van der Waals surface area contributed by atoms with Gasteiger partial charge in [-0.05, 0) is 6.07 Å². The molecule has 0 saturated carbocycles. The largest absolute Gasteiger partial charge is 0.481 e. The van der Waals surface area contributed by atoms with Gasteiger partial charge in [0, 0.05) is 32.1 Å². The molecule has 118 valence electrons. The average Bonchev–Trinajstić information content (AvgIpc) is 2.44. The number of piperazine rings is 1. The molecule has 1 heterocycles. The maximum atomic E-state index is 13.7. The van der Waals surface area contributed by atoms with Gasteiger partial charge in [0.1, 0.15) is 11.9 Å². The Kier molecular flexibility index (Phi) is 4.75. The van der Waals surface area contributed by atoms with Crippen LogP contribution in [0.1, 0.15) is 18.9 Å². The van der Waals surface area contributed by atoms with Crippen LogP contribution in [0.25, 0.3) is 0 Å². The lowest BCUT2D eigenvalue weighted by molar-refractivity contribution is -0.155. The van der Waals surface area contributed by atoms with Gasteiger partial charge in [0.25, 0.3) is 0 Å². The molecule has 22 heavy (non-hydrogen) atoms. The Hall–Kier alpha value is -2.44. The first kappa shape index (κ1) is 15.9. The molecule has 7 heteroatoms. The van der Waals surface area contributed by atoms with E-state index >= 15 is 0 Å². The number of nitrogens with zero attached hydrogens (tertiary/aromatic N) is 2. The zero-order valence-electron chi connectivity index (χ0n) is 12.2. The van der Waals surface area contributed by atoms with Gasteiger partial charge in [-0.2, -0.15) is 0 Å². The standard InChI is InChI=1S/C15H17FN2O4/c1-10(19)18-7-6-17(15(22)13(18)8-14(20)21)9-11-4-2-3-5-12(11)16/h2-5,13H,6-9H2,1H3,(H,20,21). The fourth-order valence-corrected chi connectivity index (χ4v) is 2.57. The van der Waals surface area contributed by atoms with Crippen molar-refractivity contribution in [2.75, 3.05) is 13.1 Å². The molecular formula is C15H17FN2O4. The van der Waals surface area contributed by atoms with Crippen LogP contribution in [0.3, 0.4) is 0 Å². The molecule has 0 spiro atoms. The van der Waals surface area contributed by atoms with Crippen molar-refractivity contribution < 1.29 is 23.9 Å². The van der Waals surface area contributed by atoms with Crippen LogP contribution in [-0.4, -0.2) is 51.8 Å². The molecule has 6 nitrogen and oxygen atoms in total. The Morgan fingerprint density at radius 2 is 2.00 bits per heavy atom. The molecule has 0 aliphatic carbocycles. The second kappa shape index (κ2) is 6.55. The zero-order chi connectivity index (χ0) is 16.3. The summed E-state index contributed by atoms with van der Waals surface area (Å²) in [5.74, 6) is -2.38. The van der Waals surface area contributed by atoms with E-state index in [1.54, 1.807) is 18.2 Å². The Labute approximate surface area is 127 Å². The minimum Gasteiger partial charge on any atom is -0.481 e. The monoisotopic (exact) mass is 308 g/mol. The molecule has 0 aromatic heterocycles. The number of carboxylic acid groups (broad SMARTS) is 1. The van der Waals surface area contributed by atoms with Crippen LogP contribution >= 0.6 is 0 Å². The van der Waals surface area contributed by atoms with Crippen molar-refractivity contribution in [2.45, 2.75) is 25.9 Å². The molecule has 1 aliphatic rings. The minimum atomic E-state index is -1.16. The molecule has 1 saturated heterocycles. The summed E-state index contributed by atoms with van der Waals surface area (Å²) < 4.78 is 13.7. The Morgan fingerprint density at radius 1 is 1.32 bits per heavy atom. The summed E-state index contributed by atoms with van der Waals surface area (Å²) in [7, 11) is 0. The maximum absolute atomic E-state index is 13.7. The van der Waals surface area contributed by atoms with Gasteiger partial charge in [-0.25, -0.2) is 4.39 Å². The smallest absolute Gasteiger partial charge is 0.305 e. The van der Waals surface area contributed by atoms with Gasteiger partial charge in [0.05, 0.1) is 6.42 Å². The highest BCUT2D eigenvalue weighted by atomic mass is 19.1. The van der Waals surface area contributed by atoms with Gasteiger partial charge in [-0.1, -0.05) is 18.2 Å². The number of hydrogen-bond acceptors (Lipinski definition) is 3. The Morgan fingerprint density at radius 3 is 2.59 bits per heavy atom. The molecule has 1 aromatic rings.